The van der Waals surface area contributed by atoms with Crippen LogP contribution >= 0.6 is 0 Å². The predicted octanol–water partition coefficient (Wildman–Crippen LogP) is 3.33. The minimum Gasteiger partial charge on any atom is -0.480 e. The van der Waals surface area contributed by atoms with Crippen LogP contribution in [0.25, 0.3) is 10.9 Å². The summed E-state index contributed by atoms with van der Waals surface area (Å²) in [6.45, 7) is 7.64. The van der Waals surface area contributed by atoms with Gasteiger partial charge in [0, 0.05) is 12.4 Å². The van der Waals surface area contributed by atoms with Crippen LogP contribution in [0.3, 0.4) is 0 Å². The molecule has 0 fully saturated rings. The molecule has 0 aliphatic heterocycles. The Balaban J connectivity index is 2.03. The van der Waals surface area contributed by atoms with Crippen molar-refractivity contribution in [3.8, 4) is 5.88 Å². The van der Waals surface area contributed by atoms with E-state index in [-0.39, 0.29) is 6.04 Å². The van der Waals surface area contributed by atoms with Gasteiger partial charge in [-0.3, -0.25) is 4.68 Å². The van der Waals surface area contributed by atoms with Gasteiger partial charge in [0.05, 0.1) is 30.5 Å². The Morgan fingerprint density at radius 3 is 2.60 bits per heavy atom. The molecule has 2 heterocycles. The molecule has 0 amide bonds. The molecular weight excluding hydrogens is 318 g/mol. The Bertz CT molecular complexity index is 902. The summed E-state index contributed by atoms with van der Waals surface area (Å²) >= 11 is 0. The third-order valence-corrected chi connectivity index (χ3v) is 4.24. The Morgan fingerprint density at radius 1 is 1.28 bits per heavy atom. The van der Waals surface area contributed by atoms with E-state index in [0.29, 0.717) is 5.88 Å². The van der Waals surface area contributed by atoms with E-state index in [2.05, 4.69) is 15.5 Å². The number of anilines is 2. The first kappa shape index (κ1) is 17.3. The average Bonchev–Trinajstić information content (AvgIpc) is 3.08. The summed E-state index contributed by atoms with van der Waals surface area (Å²) in [5.74, 6) is 1.39. The van der Waals surface area contributed by atoms with Crippen molar-refractivity contribution in [1.82, 2.24) is 19.6 Å². The van der Waals surface area contributed by atoms with E-state index in [1.54, 1.807) is 31.8 Å². The Labute approximate surface area is 147 Å². The second-order valence-corrected chi connectivity index (χ2v) is 6.99. The fourth-order valence-corrected chi connectivity index (χ4v) is 2.87. The SMILES string of the molecule is COc1c(Nc2nn(C)c3cc(C(C)(C)O)ccc23)cnn1C(C)C. The second kappa shape index (κ2) is 6.07. The second-order valence-electron chi connectivity index (χ2n) is 6.99. The van der Waals surface area contributed by atoms with Crippen molar-refractivity contribution >= 4 is 22.4 Å². The van der Waals surface area contributed by atoms with Gasteiger partial charge in [0.2, 0.25) is 5.88 Å². The molecule has 0 spiro atoms. The van der Waals surface area contributed by atoms with Crippen LogP contribution in [0.5, 0.6) is 5.88 Å². The number of ether oxygens (including phenoxy) is 1. The van der Waals surface area contributed by atoms with Crippen molar-refractivity contribution in [3.63, 3.8) is 0 Å². The molecule has 0 saturated heterocycles. The van der Waals surface area contributed by atoms with Crippen LogP contribution in [0.2, 0.25) is 0 Å². The van der Waals surface area contributed by atoms with Crippen LogP contribution in [0, 0.1) is 0 Å². The lowest BCUT2D eigenvalue weighted by atomic mass is 9.97. The fraction of sp³-hybridized carbons (Fsp3) is 0.444. The molecule has 3 aromatic rings. The van der Waals surface area contributed by atoms with E-state index in [1.165, 1.54) is 0 Å². The van der Waals surface area contributed by atoms with E-state index in [0.717, 1.165) is 28.0 Å². The summed E-state index contributed by atoms with van der Waals surface area (Å²) in [6, 6.07) is 6.05. The van der Waals surface area contributed by atoms with Gasteiger partial charge in [-0.1, -0.05) is 6.07 Å². The number of nitrogens with one attached hydrogen (secondary N) is 1. The summed E-state index contributed by atoms with van der Waals surface area (Å²) < 4.78 is 9.12. The van der Waals surface area contributed by atoms with Gasteiger partial charge in [-0.05, 0) is 45.4 Å². The lowest BCUT2D eigenvalue weighted by Gasteiger charge is -2.17. The van der Waals surface area contributed by atoms with E-state index in [9.17, 15) is 5.11 Å². The molecule has 0 bridgehead atoms. The van der Waals surface area contributed by atoms with Crippen molar-refractivity contribution in [1.29, 1.82) is 0 Å². The number of aromatic nitrogens is 4. The van der Waals surface area contributed by atoms with Crippen molar-refractivity contribution in [2.24, 2.45) is 7.05 Å². The largest absolute Gasteiger partial charge is 0.480 e. The zero-order valence-corrected chi connectivity index (χ0v) is 15.5. The molecule has 7 nitrogen and oxygen atoms in total. The van der Waals surface area contributed by atoms with Gasteiger partial charge in [-0.25, -0.2) is 4.68 Å². The van der Waals surface area contributed by atoms with E-state index < -0.39 is 5.60 Å². The molecule has 1 aromatic carbocycles. The first-order valence-corrected chi connectivity index (χ1v) is 8.30. The summed E-state index contributed by atoms with van der Waals surface area (Å²) in [6.07, 6.45) is 1.74. The van der Waals surface area contributed by atoms with Gasteiger partial charge in [0.25, 0.3) is 0 Å². The minimum atomic E-state index is -0.895. The highest BCUT2D eigenvalue weighted by Gasteiger charge is 2.20. The van der Waals surface area contributed by atoms with Crippen LogP contribution in [-0.2, 0) is 12.6 Å². The van der Waals surface area contributed by atoms with Crippen molar-refractivity contribution in [3.05, 3.63) is 30.0 Å². The summed E-state index contributed by atoms with van der Waals surface area (Å²) in [4.78, 5) is 0. The van der Waals surface area contributed by atoms with Crippen molar-refractivity contribution < 1.29 is 9.84 Å². The molecule has 2 N–H and O–H groups in total. The maximum Gasteiger partial charge on any atom is 0.236 e. The maximum absolute atomic E-state index is 10.2. The maximum atomic E-state index is 10.2. The lowest BCUT2D eigenvalue weighted by molar-refractivity contribution is 0.0787. The molecule has 3 rings (SSSR count). The molecule has 0 unspecified atom stereocenters. The molecule has 0 radical (unpaired) electrons. The summed E-state index contributed by atoms with van der Waals surface area (Å²) in [7, 11) is 3.52. The van der Waals surface area contributed by atoms with Crippen LogP contribution in [0.1, 0.15) is 39.3 Å². The number of aliphatic hydroxyl groups is 1. The summed E-state index contributed by atoms with van der Waals surface area (Å²) in [5.41, 5.74) is 1.66. The highest BCUT2D eigenvalue weighted by molar-refractivity contribution is 5.92. The first-order valence-electron chi connectivity index (χ1n) is 8.30. The molecule has 0 aliphatic carbocycles. The highest BCUT2D eigenvalue weighted by Crippen LogP contribution is 2.33. The van der Waals surface area contributed by atoms with Gasteiger partial charge in [0.15, 0.2) is 5.82 Å². The third-order valence-electron chi connectivity index (χ3n) is 4.24. The Morgan fingerprint density at radius 2 is 2.00 bits per heavy atom. The number of hydrogen-bond acceptors (Lipinski definition) is 5. The lowest BCUT2D eigenvalue weighted by Crippen LogP contribution is -2.15. The molecular formula is C18H25N5O2. The van der Waals surface area contributed by atoms with Gasteiger partial charge >= 0.3 is 0 Å². The average molecular weight is 343 g/mol. The van der Waals surface area contributed by atoms with Gasteiger partial charge in [0.1, 0.15) is 5.69 Å². The molecule has 0 atom stereocenters. The van der Waals surface area contributed by atoms with Crippen LogP contribution in [0.15, 0.2) is 24.4 Å². The normalized spacial score (nSPS) is 12.2. The highest BCUT2D eigenvalue weighted by atomic mass is 16.5. The fourth-order valence-electron chi connectivity index (χ4n) is 2.87. The first-order chi connectivity index (χ1) is 11.7. The quantitative estimate of drug-likeness (QED) is 0.743. The minimum absolute atomic E-state index is 0.195. The number of nitrogens with zero attached hydrogens (tertiary/aromatic N) is 4. The van der Waals surface area contributed by atoms with Crippen molar-refractivity contribution in [2.45, 2.75) is 39.3 Å². The molecule has 7 heteroatoms. The number of hydrogen-bond donors (Lipinski definition) is 2. The van der Waals surface area contributed by atoms with Crippen LogP contribution in [0.4, 0.5) is 11.5 Å². The number of methoxy groups -OCH3 is 1. The molecule has 0 saturated carbocycles. The molecule has 0 aliphatic rings. The van der Waals surface area contributed by atoms with Gasteiger partial charge in [-0.2, -0.15) is 10.2 Å². The Hall–Kier alpha value is -2.54. The van der Waals surface area contributed by atoms with Gasteiger partial charge in [-0.15, -0.1) is 0 Å². The zero-order chi connectivity index (χ0) is 18.4. The van der Waals surface area contributed by atoms with Crippen LogP contribution < -0.4 is 10.1 Å². The number of fused-ring (bicyclic) bond motifs is 1. The smallest absolute Gasteiger partial charge is 0.236 e. The third kappa shape index (κ3) is 3.07. The zero-order valence-electron chi connectivity index (χ0n) is 15.5. The van der Waals surface area contributed by atoms with Gasteiger partial charge < -0.3 is 15.2 Å². The van der Waals surface area contributed by atoms with E-state index >= 15 is 0 Å². The Kier molecular flexibility index (Phi) is 4.20. The predicted molar refractivity (Wildman–Crippen MR) is 98.4 cm³/mol. The summed E-state index contributed by atoms with van der Waals surface area (Å²) in [5, 5.41) is 23.5. The molecule has 134 valence electrons. The van der Waals surface area contributed by atoms with E-state index in [4.69, 9.17) is 4.74 Å². The number of benzene rings is 1. The standard InChI is InChI=1S/C18H25N5O2/c1-11(2)23-17(25-6)14(10-19-23)20-16-13-8-7-12(18(3,4)24)9-15(13)22(5)21-16/h7-11,24H,1-6H3,(H,20,21). The molecule has 2 aromatic heterocycles. The monoisotopic (exact) mass is 343 g/mol. The number of rotatable bonds is 5. The topological polar surface area (TPSA) is 77.1 Å². The molecule has 25 heavy (non-hydrogen) atoms. The van der Waals surface area contributed by atoms with E-state index in [1.807, 2.05) is 43.8 Å². The van der Waals surface area contributed by atoms with Crippen LogP contribution in [-0.4, -0.2) is 31.8 Å². The van der Waals surface area contributed by atoms with Crippen molar-refractivity contribution in [2.75, 3.05) is 12.4 Å². The number of aryl methyl sites for hydroxylation is 1.